The lowest BCUT2D eigenvalue weighted by molar-refractivity contribution is -0.119. The normalized spacial score (nSPS) is 17.0. The van der Waals surface area contributed by atoms with Crippen molar-refractivity contribution in [3.63, 3.8) is 0 Å². The van der Waals surface area contributed by atoms with Gasteiger partial charge in [0.15, 0.2) is 0 Å². The molecule has 1 atom stereocenters. The molecule has 5 nitrogen and oxygen atoms in total. The molecule has 1 amide bonds. The number of carboxylic acid groups (broad SMARTS) is 1. The molecule has 1 fully saturated rings. The van der Waals surface area contributed by atoms with Crippen LogP contribution in [0.4, 0.5) is 0 Å². The summed E-state index contributed by atoms with van der Waals surface area (Å²) in [6, 6.07) is 3.72. The first-order valence-corrected chi connectivity index (χ1v) is 7.98. The molecule has 0 bridgehead atoms. The highest BCUT2D eigenvalue weighted by atomic mass is 32.2. The second-order valence-electron chi connectivity index (χ2n) is 4.88. The molecule has 0 aromatic carbocycles. The fraction of sp³-hybridized carbons (Fsp3) is 0.462. The van der Waals surface area contributed by atoms with Crippen LogP contribution in [-0.2, 0) is 4.79 Å². The van der Waals surface area contributed by atoms with E-state index in [4.69, 9.17) is 10.4 Å². The summed E-state index contributed by atoms with van der Waals surface area (Å²) >= 11 is 2.41. The summed E-state index contributed by atoms with van der Waals surface area (Å²) in [5, 5.41) is 22.5. The van der Waals surface area contributed by atoms with Crippen LogP contribution in [0.3, 0.4) is 0 Å². The van der Waals surface area contributed by atoms with Crippen molar-refractivity contribution in [2.45, 2.75) is 30.2 Å². The van der Waals surface area contributed by atoms with E-state index in [1.807, 2.05) is 0 Å². The maximum absolute atomic E-state index is 11.9. The number of thiophene rings is 1. The average Bonchev–Trinajstić information content (AvgIpc) is 3.15. The molecular weight excluding hydrogens is 296 g/mol. The molecule has 1 aromatic heterocycles. The van der Waals surface area contributed by atoms with Crippen molar-refractivity contribution in [1.29, 1.82) is 5.26 Å². The van der Waals surface area contributed by atoms with Crippen molar-refractivity contribution >= 4 is 35.0 Å². The lowest BCUT2D eigenvalue weighted by Gasteiger charge is -2.22. The second kappa shape index (κ2) is 5.85. The summed E-state index contributed by atoms with van der Waals surface area (Å²) in [5.74, 6) is -0.730. The van der Waals surface area contributed by atoms with Crippen molar-refractivity contribution in [2.75, 3.05) is 5.75 Å². The molecule has 0 aliphatic heterocycles. The first kappa shape index (κ1) is 14.9. The van der Waals surface area contributed by atoms with Crippen molar-refractivity contribution in [1.82, 2.24) is 5.32 Å². The first-order chi connectivity index (χ1) is 9.44. The van der Waals surface area contributed by atoms with E-state index in [2.05, 4.69) is 11.4 Å². The molecule has 1 aromatic rings. The number of carboxylic acids is 1. The van der Waals surface area contributed by atoms with Gasteiger partial charge in [-0.3, -0.25) is 4.79 Å². The van der Waals surface area contributed by atoms with E-state index < -0.39 is 11.5 Å². The minimum atomic E-state index is -0.961. The van der Waals surface area contributed by atoms with Crippen LogP contribution in [0, 0.1) is 17.2 Å². The summed E-state index contributed by atoms with van der Waals surface area (Å²) in [4.78, 5) is 23.6. The first-order valence-electron chi connectivity index (χ1n) is 6.11. The van der Waals surface area contributed by atoms with Gasteiger partial charge in [0.05, 0.1) is 11.8 Å². The number of carbonyl (C=O) groups excluding carboxylic acids is 1. The highest BCUT2D eigenvalue weighted by Gasteiger charge is 2.42. The molecule has 1 unspecified atom stereocenters. The van der Waals surface area contributed by atoms with Crippen molar-refractivity contribution in [3.05, 3.63) is 16.3 Å². The van der Waals surface area contributed by atoms with Gasteiger partial charge in [0.1, 0.15) is 10.4 Å². The minimum absolute atomic E-state index is 0.180. The van der Waals surface area contributed by atoms with Crippen molar-refractivity contribution in [3.8, 4) is 6.07 Å². The number of aromatic carboxylic acids is 1. The number of nitrogens with one attached hydrogen (secondary N) is 1. The van der Waals surface area contributed by atoms with Gasteiger partial charge in [0, 0.05) is 10.3 Å². The number of nitrogens with zero attached hydrogens (tertiary/aromatic N) is 1. The Morgan fingerprint density at radius 3 is 2.85 bits per heavy atom. The Balaban J connectivity index is 1.85. The number of carbonyl (C=O) groups is 2. The van der Waals surface area contributed by atoms with E-state index in [1.54, 1.807) is 18.4 Å². The fourth-order valence-electron chi connectivity index (χ4n) is 1.86. The zero-order chi connectivity index (χ0) is 14.8. The molecule has 0 saturated heterocycles. The molecule has 0 radical (unpaired) electrons. The third kappa shape index (κ3) is 3.52. The van der Waals surface area contributed by atoms with E-state index in [0.717, 1.165) is 29.1 Å². The van der Waals surface area contributed by atoms with Gasteiger partial charge in [-0.1, -0.05) is 0 Å². The summed E-state index contributed by atoms with van der Waals surface area (Å²) in [6.45, 7) is 1.75. The Kier molecular flexibility index (Phi) is 4.35. The maximum atomic E-state index is 11.9. The Morgan fingerprint density at radius 2 is 2.35 bits per heavy atom. The highest BCUT2D eigenvalue weighted by molar-refractivity contribution is 8.00. The number of amides is 1. The van der Waals surface area contributed by atoms with Crippen molar-refractivity contribution in [2.24, 2.45) is 5.92 Å². The van der Waals surface area contributed by atoms with Gasteiger partial charge in [-0.25, -0.2) is 4.79 Å². The highest BCUT2D eigenvalue weighted by Crippen LogP contribution is 2.39. The van der Waals surface area contributed by atoms with Crippen LogP contribution >= 0.6 is 23.1 Å². The number of thioether (sulfide) groups is 1. The Morgan fingerprint density at radius 1 is 1.65 bits per heavy atom. The topological polar surface area (TPSA) is 90.2 Å². The van der Waals surface area contributed by atoms with Crippen LogP contribution in [0.2, 0.25) is 0 Å². The Labute approximate surface area is 125 Å². The SMILES string of the molecule is CC(C#N)(NC(=O)CSc1csc(C(=O)O)c1)C1CC1. The molecule has 20 heavy (non-hydrogen) atoms. The van der Waals surface area contributed by atoms with Gasteiger partial charge in [-0.2, -0.15) is 5.26 Å². The summed E-state index contributed by atoms with van der Waals surface area (Å²) in [5.41, 5.74) is -0.779. The third-order valence-corrected chi connectivity index (χ3v) is 5.22. The van der Waals surface area contributed by atoms with E-state index in [9.17, 15) is 9.59 Å². The zero-order valence-electron chi connectivity index (χ0n) is 10.9. The predicted molar refractivity (Wildman–Crippen MR) is 76.9 cm³/mol. The van der Waals surface area contributed by atoms with Gasteiger partial charge in [0.2, 0.25) is 5.91 Å². The number of nitriles is 1. The molecule has 2 N–H and O–H groups in total. The number of hydrogen-bond acceptors (Lipinski definition) is 5. The third-order valence-electron chi connectivity index (χ3n) is 3.18. The second-order valence-corrected chi connectivity index (χ2v) is 6.84. The number of hydrogen-bond donors (Lipinski definition) is 2. The number of rotatable bonds is 6. The molecule has 2 rings (SSSR count). The predicted octanol–water partition coefficient (Wildman–Crippen LogP) is 2.35. The summed E-state index contributed by atoms with van der Waals surface area (Å²) in [7, 11) is 0. The van der Waals surface area contributed by atoms with Crippen LogP contribution in [0.25, 0.3) is 0 Å². The summed E-state index contributed by atoms with van der Waals surface area (Å²) < 4.78 is 0. The van der Waals surface area contributed by atoms with Gasteiger partial charge < -0.3 is 10.4 Å². The monoisotopic (exact) mass is 310 g/mol. The van der Waals surface area contributed by atoms with Gasteiger partial charge in [-0.15, -0.1) is 23.1 Å². The molecule has 1 saturated carbocycles. The van der Waals surface area contributed by atoms with E-state index >= 15 is 0 Å². The summed E-state index contributed by atoms with van der Waals surface area (Å²) in [6.07, 6.45) is 1.95. The average molecular weight is 310 g/mol. The Hall–Kier alpha value is -1.52. The quantitative estimate of drug-likeness (QED) is 0.787. The van der Waals surface area contributed by atoms with E-state index in [0.29, 0.717) is 0 Å². The molecule has 0 spiro atoms. The van der Waals surface area contributed by atoms with Gasteiger partial charge in [-0.05, 0) is 31.7 Å². The van der Waals surface area contributed by atoms with E-state index in [-0.39, 0.29) is 22.5 Å². The largest absolute Gasteiger partial charge is 0.477 e. The lowest BCUT2D eigenvalue weighted by Crippen LogP contribution is -2.47. The Bertz CT molecular complexity index is 574. The van der Waals surface area contributed by atoms with Crippen LogP contribution < -0.4 is 5.32 Å². The fourth-order valence-corrected chi connectivity index (χ4v) is 3.53. The zero-order valence-corrected chi connectivity index (χ0v) is 12.5. The van der Waals surface area contributed by atoms with Crippen LogP contribution in [0.1, 0.15) is 29.4 Å². The van der Waals surface area contributed by atoms with E-state index in [1.165, 1.54) is 11.8 Å². The minimum Gasteiger partial charge on any atom is -0.477 e. The lowest BCUT2D eigenvalue weighted by atomic mass is 9.98. The molecule has 1 heterocycles. The smallest absolute Gasteiger partial charge is 0.345 e. The van der Waals surface area contributed by atoms with Crippen LogP contribution in [0.15, 0.2) is 16.3 Å². The van der Waals surface area contributed by atoms with Crippen LogP contribution in [-0.4, -0.2) is 28.3 Å². The van der Waals surface area contributed by atoms with Crippen LogP contribution in [0.5, 0.6) is 0 Å². The molecule has 1 aliphatic rings. The van der Waals surface area contributed by atoms with Gasteiger partial charge >= 0.3 is 5.97 Å². The van der Waals surface area contributed by atoms with Crippen molar-refractivity contribution < 1.29 is 14.7 Å². The standard InChI is InChI=1S/C13H14N2O3S2/c1-13(7-14,8-2-3-8)15-11(16)6-19-9-4-10(12(17)18)20-5-9/h4-5,8H,2-3,6H2,1H3,(H,15,16)(H,17,18). The maximum Gasteiger partial charge on any atom is 0.345 e. The van der Waals surface area contributed by atoms with Gasteiger partial charge in [0.25, 0.3) is 0 Å². The molecule has 7 heteroatoms. The molecule has 106 valence electrons. The molecule has 1 aliphatic carbocycles. The molecular formula is C13H14N2O3S2.